The van der Waals surface area contributed by atoms with Crippen molar-refractivity contribution in [2.24, 2.45) is 0 Å². The van der Waals surface area contributed by atoms with E-state index in [1.54, 1.807) is 0 Å². The van der Waals surface area contributed by atoms with E-state index >= 15 is 0 Å². The molecular formula is C20H32N2O5S2. The zero-order valence-corrected chi connectivity index (χ0v) is 18.8. The van der Waals surface area contributed by atoms with E-state index in [1.165, 1.54) is 0 Å². The van der Waals surface area contributed by atoms with Gasteiger partial charge in [0.15, 0.2) is 0 Å². The molecule has 2 rings (SSSR count). The van der Waals surface area contributed by atoms with Gasteiger partial charge in [-0.3, -0.25) is 0 Å². The van der Waals surface area contributed by atoms with Crippen LogP contribution in [0.5, 0.6) is 5.75 Å². The van der Waals surface area contributed by atoms with E-state index in [4.69, 9.17) is 4.74 Å². The highest BCUT2D eigenvalue weighted by molar-refractivity contribution is 7.89. The van der Waals surface area contributed by atoms with E-state index in [2.05, 4.69) is 15.5 Å². The summed E-state index contributed by atoms with van der Waals surface area (Å²) < 4.78 is 58.5. The van der Waals surface area contributed by atoms with Gasteiger partial charge in [0.2, 0.25) is 20.0 Å². The second kappa shape index (κ2) is 11.1. The van der Waals surface area contributed by atoms with Gasteiger partial charge in [0.05, 0.1) is 11.5 Å². The fourth-order valence-electron chi connectivity index (χ4n) is 3.31. The van der Waals surface area contributed by atoms with E-state index < -0.39 is 20.0 Å². The van der Waals surface area contributed by atoms with Crippen molar-refractivity contribution in [3.63, 3.8) is 0 Å². The van der Waals surface area contributed by atoms with Crippen molar-refractivity contribution >= 4 is 25.6 Å². The number of sulfonamides is 2. The van der Waals surface area contributed by atoms with Crippen LogP contribution in [0.3, 0.4) is 0 Å². The van der Waals surface area contributed by atoms with Gasteiger partial charge in [-0.15, -0.1) is 0 Å². The quantitative estimate of drug-likeness (QED) is 0.483. The van der Waals surface area contributed by atoms with Crippen LogP contribution in [0.4, 0.5) is 0 Å². The second-order valence-corrected chi connectivity index (χ2v) is 11.0. The maximum atomic E-state index is 12.2. The Morgan fingerprint density at radius 2 is 1.66 bits per heavy atom. The number of rotatable bonds is 12. The van der Waals surface area contributed by atoms with Gasteiger partial charge in [0.1, 0.15) is 12.4 Å². The van der Waals surface area contributed by atoms with Crippen LogP contribution in [0.25, 0.3) is 5.57 Å². The van der Waals surface area contributed by atoms with Gasteiger partial charge in [0.25, 0.3) is 0 Å². The van der Waals surface area contributed by atoms with Crippen LogP contribution in [-0.4, -0.2) is 47.5 Å². The van der Waals surface area contributed by atoms with E-state index in [-0.39, 0.29) is 30.7 Å². The van der Waals surface area contributed by atoms with Crippen molar-refractivity contribution in [2.75, 3.05) is 24.7 Å². The Kier molecular flexibility index (Phi) is 9.13. The second-order valence-electron chi connectivity index (χ2n) is 7.17. The molecule has 1 aromatic rings. The molecule has 1 atom stereocenters. The molecule has 0 aliphatic heterocycles. The normalized spacial score (nSPS) is 17.7. The Morgan fingerprint density at radius 1 is 1.00 bits per heavy atom. The van der Waals surface area contributed by atoms with Crippen molar-refractivity contribution in [3.05, 3.63) is 35.9 Å². The van der Waals surface area contributed by atoms with Crippen molar-refractivity contribution in [3.8, 4) is 5.75 Å². The van der Waals surface area contributed by atoms with Crippen LogP contribution >= 0.6 is 0 Å². The smallest absolute Gasteiger partial charge is 0.212 e. The summed E-state index contributed by atoms with van der Waals surface area (Å²) in [5.74, 6) is 0.883. The molecule has 164 valence electrons. The minimum atomic E-state index is -3.28. The van der Waals surface area contributed by atoms with Gasteiger partial charge in [-0.1, -0.05) is 32.1 Å². The van der Waals surface area contributed by atoms with Crippen molar-refractivity contribution in [1.82, 2.24) is 9.44 Å². The van der Waals surface area contributed by atoms with Gasteiger partial charge in [-0.2, -0.15) is 0 Å². The summed E-state index contributed by atoms with van der Waals surface area (Å²) in [6, 6.07) is 7.26. The lowest BCUT2D eigenvalue weighted by atomic mass is 9.90. The Balaban J connectivity index is 1.95. The average Bonchev–Trinajstić information content (AvgIpc) is 2.66. The first-order chi connectivity index (χ1) is 13.8. The molecular weight excluding hydrogens is 412 g/mol. The Morgan fingerprint density at radius 3 is 2.31 bits per heavy atom. The Labute approximate surface area is 175 Å². The molecule has 0 spiro atoms. The number of hydrogen-bond acceptors (Lipinski definition) is 5. The lowest BCUT2D eigenvalue weighted by Crippen LogP contribution is -2.38. The van der Waals surface area contributed by atoms with Crippen LogP contribution in [-0.2, 0) is 20.0 Å². The molecule has 1 aromatic carbocycles. The number of ether oxygens (including phenoxy) is 1. The summed E-state index contributed by atoms with van der Waals surface area (Å²) in [4.78, 5) is 0. The van der Waals surface area contributed by atoms with Gasteiger partial charge >= 0.3 is 0 Å². The molecule has 0 aromatic heterocycles. The third kappa shape index (κ3) is 8.08. The standard InChI is InChI=1S/C20H32N2O5S2/c1-3-15-28(23,24)21-13-14-27-18-11-9-17(10-12-18)19-7-5-6-8-20(19)22-29(25,26)16-4-2/h7,9-12,20-22H,3-6,8,13-16H2,1-2H3. The fourth-order valence-corrected chi connectivity index (χ4v) is 5.72. The third-order valence-electron chi connectivity index (χ3n) is 4.58. The molecule has 9 heteroatoms. The molecule has 1 aliphatic rings. The van der Waals surface area contributed by atoms with Crippen LogP contribution < -0.4 is 14.2 Å². The van der Waals surface area contributed by atoms with Gasteiger partial charge in [-0.25, -0.2) is 26.3 Å². The van der Waals surface area contributed by atoms with Crippen LogP contribution in [0.1, 0.15) is 51.5 Å². The zero-order valence-electron chi connectivity index (χ0n) is 17.2. The number of hydrogen-bond donors (Lipinski definition) is 2. The van der Waals surface area contributed by atoms with Crippen LogP contribution in [0.15, 0.2) is 30.3 Å². The number of benzene rings is 1. The minimum absolute atomic E-state index is 0.111. The van der Waals surface area contributed by atoms with E-state index in [0.29, 0.717) is 18.6 Å². The monoisotopic (exact) mass is 444 g/mol. The molecule has 0 amide bonds. The van der Waals surface area contributed by atoms with E-state index in [9.17, 15) is 16.8 Å². The van der Waals surface area contributed by atoms with Crippen molar-refractivity contribution in [1.29, 1.82) is 0 Å². The summed E-state index contributed by atoms with van der Waals surface area (Å²) in [6.45, 7) is 4.13. The minimum Gasteiger partial charge on any atom is -0.492 e. The summed E-state index contributed by atoms with van der Waals surface area (Å²) in [6.07, 6.45) is 5.92. The summed E-state index contributed by atoms with van der Waals surface area (Å²) in [7, 11) is -6.51. The summed E-state index contributed by atoms with van der Waals surface area (Å²) in [5, 5.41) is 0. The molecule has 1 aliphatic carbocycles. The molecule has 0 saturated heterocycles. The molecule has 2 N–H and O–H groups in total. The number of nitrogens with one attached hydrogen (secondary N) is 2. The molecule has 1 unspecified atom stereocenters. The highest BCUT2D eigenvalue weighted by Gasteiger charge is 2.23. The predicted molar refractivity (Wildman–Crippen MR) is 117 cm³/mol. The third-order valence-corrected chi connectivity index (χ3v) is 7.76. The zero-order chi connectivity index (χ0) is 21.3. The summed E-state index contributed by atoms with van der Waals surface area (Å²) in [5.41, 5.74) is 1.96. The summed E-state index contributed by atoms with van der Waals surface area (Å²) >= 11 is 0. The first-order valence-corrected chi connectivity index (χ1v) is 13.5. The molecule has 7 nitrogen and oxygen atoms in total. The molecule has 0 bridgehead atoms. The Hall–Kier alpha value is -1.42. The SMILES string of the molecule is CCCS(=O)(=O)NCCOc1ccc(C2=CCCCC2NS(=O)(=O)CCC)cc1. The first-order valence-electron chi connectivity index (χ1n) is 10.2. The highest BCUT2D eigenvalue weighted by atomic mass is 32.2. The molecule has 0 radical (unpaired) electrons. The first kappa shape index (κ1) is 23.9. The van der Waals surface area contributed by atoms with Crippen molar-refractivity contribution in [2.45, 2.75) is 52.0 Å². The largest absolute Gasteiger partial charge is 0.492 e. The maximum Gasteiger partial charge on any atom is 0.212 e. The van der Waals surface area contributed by atoms with Gasteiger partial charge in [0, 0.05) is 12.6 Å². The van der Waals surface area contributed by atoms with E-state index in [1.807, 2.05) is 38.1 Å². The topological polar surface area (TPSA) is 102 Å². The average molecular weight is 445 g/mol. The lowest BCUT2D eigenvalue weighted by molar-refractivity contribution is 0.323. The predicted octanol–water partition coefficient (Wildman–Crippen LogP) is 2.66. The molecule has 0 heterocycles. The van der Waals surface area contributed by atoms with Crippen LogP contribution in [0.2, 0.25) is 0 Å². The number of allylic oxidation sites excluding steroid dienone is 1. The maximum absolute atomic E-state index is 12.2. The molecule has 0 saturated carbocycles. The van der Waals surface area contributed by atoms with Crippen molar-refractivity contribution < 1.29 is 21.6 Å². The van der Waals surface area contributed by atoms with Gasteiger partial charge < -0.3 is 4.74 Å². The lowest BCUT2D eigenvalue weighted by Gasteiger charge is -2.25. The van der Waals surface area contributed by atoms with Crippen LogP contribution in [0, 0.1) is 0 Å². The van der Waals surface area contributed by atoms with E-state index in [0.717, 1.165) is 30.4 Å². The van der Waals surface area contributed by atoms with Gasteiger partial charge in [-0.05, 0) is 55.4 Å². The molecule has 0 fully saturated rings. The fraction of sp³-hybridized carbons (Fsp3) is 0.600. The highest BCUT2D eigenvalue weighted by Crippen LogP contribution is 2.29. The molecule has 29 heavy (non-hydrogen) atoms. The Bertz CT molecular complexity index is 878.